The number of amides is 2. The van der Waals surface area contributed by atoms with Crippen molar-refractivity contribution in [1.29, 1.82) is 0 Å². The molecule has 0 fully saturated rings. The number of ether oxygens (including phenoxy) is 1. The first-order valence-electron chi connectivity index (χ1n) is 8.20. The number of hydrogen-bond donors (Lipinski definition) is 3. The third-order valence-corrected chi connectivity index (χ3v) is 3.36. The molecule has 0 saturated heterocycles. The number of aromatic nitrogens is 4. The summed E-state index contributed by atoms with van der Waals surface area (Å²) in [6, 6.07) is 3.00. The van der Waals surface area contributed by atoms with Crippen molar-refractivity contribution in [2.24, 2.45) is 0 Å². The maximum absolute atomic E-state index is 12.0. The molecular weight excluding hydrogens is 340 g/mol. The minimum absolute atomic E-state index is 0.171. The fourth-order valence-electron chi connectivity index (χ4n) is 2.25. The van der Waals surface area contributed by atoms with E-state index in [-0.39, 0.29) is 23.9 Å². The Kier molecular flexibility index (Phi) is 6.61. The first-order chi connectivity index (χ1) is 12.4. The quantitative estimate of drug-likeness (QED) is 0.466. The fraction of sp³-hybridized carbons (Fsp3) is 0.438. The molecule has 0 unspecified atom stereocenters. The van der Waals surface area contributed by atoms with Gasteiger partial charge in [0.15, 0.2) is 0 Å². The number of carbonyl (C=O) groups is 2. The fourth-order valence-corrected chi connectivity index (χ4v) is 2.25. The zero-order chi connectivity index (χ0) is 19.1. The number of H-pyrrole nitrogens is 1. The molecule has 0 aliphatic heterocycles. The minimum Gasteiger partial charge on any atom is -0.383 e. The number of aryl methyl sites for hydroxylation is 2. The first kappa shape index (κ1) is 19.3. The van der Waals surface area contributed by atoms with Gasteiger partial charge >= 0.3 is 11.8 Å². The van der Waals surface area contributed by atoms with Gasteiger partial charge in [0.25, 0.3) is 5.56 Å². The number of nitrogens with zero attached hydrogens (tertiary/aromatic N) is 3. The van der Waals surface area contributed by atoms with E-state index in [9.17, 15) is 14.4 Å². The Bertz CT molecular complexity index is 842. The van der Waals surface area contributed by atoms with Crippen molar-refractivity contribution in [3.05, 3.63) is 33.9 Å². The lowest BCUT2D eigenvalue weighted by Gasteiger charge is -2.09. The van der Waals surface area contributed by atoms with E-state index in [2.05, 4.69) is 25.7 Å². The monoisotopic (exact) mass is 362 g/mol. The van der Waals surface area contributed by atoms with E-state index >= 15 is 0 Å². The molecule has 3 N–H and O–H groups in total. The van der Waals surface area contributed by atoms with Gasteiger partial charge in [0.1, 0.15) is 5.82 Å². The lowest BCUT2D eigenvalue weighted by molar-refractivity contribution is -0.136. The third kappa shape index (κ3) is 4.99. The van der Waals surface area contributed by atoms with Crippen molar-refractivity contribution in [3.8, 4) is 5.95 Å². The smallest absolute Gasteiger partial charge is 0.314 e. The molecule has 2 heterocycles. The van der Waals surface area contributed by atoms with Crippen molar-refractivity contribution in [2.75, 3.05) is 25.6 Å². The van der Waals surface area contributed by atoms with Crippen molar-refractivity contribution in [2.45, 2.75) is 26.7 Å². The number of aromatic amines is 1. The van der Waals surface area contributed by atoms with Gasteiger partial charge < -0.3 is 15.4 Å². The highest BCUT2D eigenvalue weighted by Gasteiger charge is 2.18. The van der Waals surface area contributed by atoms with Crippen LogP contribution >= 0.6 is 0 Å². The number of nitrogens with one attached hydrogen (secondary N) is 3. The molecule has 2 aromatic rings. The summed E-state index contributed by atoms with van der Waals surface area (Å²) in [5.41, 5.74) is 0.888. The summed E-state index contributed by atoms with van der Waals surface area (Å²) in [5.74, 6) is -1.25. The van der Waals surface area contributed by atoms with Gasteiger partial charge in [-0.2, -0.15) is 9.78 Å². The van der Waals surface area contributed by atoms with Crippen LogP contribution in [0.4, 0.5) is 5.82 Å². The Morgan fingerprint density at radius 3 is 2.77 bits per heavy atom. The topological polar surface area (TPSA) is 131 Å². The molecule has 2 amide bonds. The molecular formula is C16H22N6O4. The maximum Gasteiger partial charge on any atom is 0.314 e. The van der Waals surface area contributed by atoms with Crippen LogP contribution in [0.25, 0.3) is 5.95 Å². The van der Waals surface area contributed by atoms with E-state index in [1.165, 1.54) is 17.9 Å². The minimum atomic E-state index is -0.852. The van der Waals surface area contributed by atoms with Gasteiger partial charge in [0, 0.05) is 31.5 Å². The highest BCUT2D eigenvalue weighted by molar-refractivity contribution is 6.39. The van der Waals surface area contributed by atoms with Crippen LogP contribution in [0.2, 0.25) is 0 Å². The molecule has 0 aliphatic rings. The molecule has 0 atom stereocenters. The summed E-state index contributed by atoms with van der Waals surface area (Å²) in [6.45, 7) is 4.22. The van der Waals surface area contributed by atoms with Crippen molar-refractivity contribution in [1.82, 2.24) is 25.1 Å². The Morgan fingerprint density at radius 2 is 2.08 bits per heavy atom. The van der Waals surface area contributed by atoms with Crippen LogP contribution < -0.4 is 16.2 Å². The molecule has 2 rings (SSSR count). The van der Waals surface area contributed by atoms with Crippen LogP contribution in [-0.2, 0) is 20.7 Å². The van der Waals surface area contributed by atoms with E-state index in [1.54, 1.807) is 13.0 Å². The van der Waals surface area contributed by atoms with E-state index in [4.69, 9.17) is 4.74 Å². The molecule has 0 spiro atoms. The van der Waals surface area contributed by atoms with Crippen molar-refractivity contribution in [3.63, 3.8) is 0 Å². The van der Waals surface area contributed by atoms with E-state index in [0.29, 0.717) is 24.4 Å². The zero-order valence-corrected chi connectivity index (χ0v) is 15.0. The summed E-state index contributed by atoms with van der Waals surface area (Å²) in [4.78, 5) is 42.6. The Labute approximate surface area is 150 Å². The van der Waals surface area contributed by atoms with Crippen LogP contribution in [-0.4, -0.2) is 51.8 Å². The van der Waals surface area contributed by atoms with Gasteiger partial charge in [-0.25, -0.2) is 4.98 Å². The average molecular weight is 362 g/mol. The Morgan fingerprint density at radius 1 is 1.31 bits per heavy atom. The number of carbonyl (C=O) groups excluding carboxylic acids is 2. The molecule has 10 heteroatoms. The average Bonchev–Trinajstić information content (AvgIpc) is 2.95. The SMILES string of the molecule is CCCc1cc(=O)[nH]c(-n2nc(C)cc2NC(=O)C(=O)NCCOC)n1. The van der Waals surface area contributed by atoms with Crippen molar-refractivity contribution >= 4 is 17.6 Å². The van der Waals surface area contributed by atoms with Crippen molar-refractivity contribution < 1.29 is 14.3 Å². The first-order valence-corrected chi connectivity index (χ1v) is 8.20. The molecule has 0 radical (unpaired) electrons. The molecule has 0 bridgehead atoms. The van der Waals surface area contributed by atoms with Gasteiger partial charge in [-0.15, -0.1) is 0 Å². The normalized spacial score (nSPS) is 10.6. The van der Waals surface area contributed by atoms with E-state index in [1.807, 2.05) is 6.92 Å². The molecule has 10 nitrogen and oxygen atoms in total. The second kappa shape index (κ2) is 8.90. The highest BCUT2D eigenvalue weighted by atomic mass is 16.5. The largest absolute Gasteiger partial charge is 0.383 e. The van der Waals surface area contributed by atoms with Gasteiger partial charge in [-0.05, 0) is 13.3 Å². The number of hydrogen-bond acceptors (Lipinski definition) is 6. The van der Waals surface area contributed by atoms with Gasteiger partial charge in [-0.1, -0.05) is 13.3 Å². The van der Waals surface area contributed by atoms with E-state index < -0.39 is 11.8 Å². The standard InChI is InChI=1S/C16H22N6O4/c1-4-5-11-9-13(23)20-16(18-11)22-12(8-10(2)21-22)19-15(25)14(24)17-6-7-26-3/h8-9H,4-7H2,1-3H3,(H,17,24)(H,19,25)(H,18,20,23). The summed E-state index contributed by atoms with van der Waals surface area (Å²) >= 11 is 0. The van der Waals surface area contributed by atoms with Crippen LogP contribution in [0, 0.1) is 6.92 Å². The van der Waals surface area contributed by atoms with E-state index in [0.717, 1.165) is 6.42 Å². The maximum atomic E-state index is 12.0. The Hall–Kier alpha value is -3.01. The third-order valence-electron chi connectivity index (χ3n) is 3.36. The summed E-state index contributed by atoms with van der Waals surface area (Å²) in [7, 11) is 1.49. The lowest BCUT2D eigenvalue weighted by atomic mass is 10.2. The Balaban J connectivity index is 2.24. The number of rotatable bonds is 7. The summed E-state index contributed by atoms with van der Waals surface area (Å²) in [5, 5.41) is 9.13. The predicted molar refractivity (Wildman–Crippen MR) is 94.2 cm³/mol. The molecule has 2 aromatic heterocycles. The summed E-state index contributed by atoms with van der Waals surface area (Å²) < 4.78 is 6.10. The molecule has 0 aromatic carbocycles. The predicted octanol–water partition coefficient (Wildman–Crippen LogP) is -0.0824. The van der Waals surface area contributed by atoms with Gasteiger partial charge in [0.05, 0.1) is 12.3 Å². The number of anilines is 1. The van der Waals surface area contributed by atoms with Gasteiger partial charge in [-0.3, -0.25) is 19.4 Å². The molecule has 0 aliphatic carbocycles. The number of methoxy groups -OCH3 is 1. The van der Waals surface area contributed by atoms with Crippen LogP contribution in [0.1, 0.15) is 24.7 Å². The summed E-state index contributed by atoms with van der Waals surface area (Å²) in [6.07, 6.45) is 1.47. The van der Waals surface area contributed by atoms with Crippen LogP contribution in [0.15, 0.2) is 16.9 Å². The second-order valence-electron chi connectivity index (χ2n) is 5.60. The second-order valence-corrected chi connectivity index (χ2v) is 5.60. The highest BCUT2D eigenvalue weighted by Crippen LogP contribution is 2.14. The lowest BCUT2D eigenvalue weighted by Crippen LogP contribution is -2.37. The van der Waals surface area contributed by atoms with Crippen LogP contribution in [0.5, 0.6) is 0 Å². The molecule has 26 heavy (non-hydrogen) atoms. The van der Waals surface area contributed by atoms with Crippen LogP contribution in [0.3, 0.4) is 0 Å². The molecule has 140 valence electrons. The van der Waals surface area contributed by atoms with Gasteiger partial charge in [0.2, 0.25) is 5.95 Å². The molecule has 0 saturated carbocycles. The zero-order valence-electron chi connectivity index (χ0n) is 15.0.